The van der Waals surface area contributed by atoms with Crippen molar-refractivity contribution in [3.05, 3.63) is 29.8 Å². The van der Waals surface area contributed by atoms with Crippen LogP contribution in [0, 0.1) is 5.92 Å². The van der Waals surface area contributed by atoms with E-state index < -0.39 is 0 Å². The molecule has 0 saturated carbocycles. The van der Waals surface area contributed by atoms with Crippen molar-refractivity contribution in [1.82, 2.24) is 20.1 Å². The molecule has 0 aliphatic carbocycles. The second kappa shape index (κ2) is 9.70. The summed E-state index contributed by atoms with van der Waals surface area (Å²) in [7, 11) is 0. The highest BCUT2D eigenvalue weighted by Crippen LogP contribution is 2.31. The minimum absolute atomic E-state index is 0.00581. The van der Waals surface area contributed by atoms with E-state index in [-0.39, 0.29) is 11.9 Å². The average molecular weight is 432 g/mol. The van der Waals surface area contributed by atoms with Crippen LogP contribution in [-0.4, -0.2) is 59.3 Å². The molecule has 1 N–H and O–H groups in total. The lowest BCUT2D eigenvalue weighted by Gasteiger charge is -2.28. The van der Waals surface area contributed by atoms with Gasteiger partial charge in [-0.15, -0.1) is 10.2 Å². The number of thioether (sulfide) groups is 1. The lowest BCUT2D eigenvalue weighted by molar-refractivity contribution is -0.119. The maximum absolute atomic E-state index is 12.7. The van der Waals surface area contributed by atoms with E-state index in [9.17, 15) is 4.79 Å². The monoisotopic (exact) mass is 431 g/mol. The summed E-state index contributed by atoms with van der Waals surface area (Å²) in [6, 6.07) is 7.88. The zero-order valence-corrected chi connectivity index (χ0v) is 18.4. The fourth-order valence-electron chi connectivity index (χ4n) is 3.77. The highest BCUT2D eigenvalue weighted by Gasteiger charge is 2.24. The van der Waals surface area contributed by atoms with Crippen LogP contribution in [0.25, 0.3) is 0 Å². The Labute approximate surface area is 181 Å². The van der Waals surface area contributed by atoms with Gasteiger partial charge < -0.3 is 19.7 Å². The van der Waals surface area contributed by atoms with Crippen molar-refractivity contribution < 1.29 is 14.3 Å². The molecule has 1 amide bonds. The Kier molecular flexibility index (Phi) is 6.79. The Bertz CT molecular complexity index is 866. The molecular formula is C21H29N5O3S. The van der Waals surface area contributed by atoms with Gasteiger partial charge in [-0.05, 0) is 12.0 Å². The van der Waals surface area contributed by atoms with E-state index in [0.29, 0.717) is 31.5 Å². The van der Waals surface area contributed by atoms with Crippen molar-refractivity contribution in [3.63, 3.8) is 0 Å². The quantitative estimate of drug-likeness (QED) is 0.675. The van der Waals surface area contributed by atoms with Crippen LogP contribution in [0.2, 0.25) is 0 Å². The van der Waals surface area contributed by atoms with Gasteiger partial charge in [-0.3, -0.25) is 9.36 Å². The third kappa shape index (κ3) is 4.89. The van der Waals surface area contributed by atoms with E-state index >= 15 is 0 Å². The third-order valence-corrected chi connectivity index (χ3v) is 6.13. The maximum atomic E-state index is 12.7. The van der Waals surface area contributed by atoms with Crippen molar-refractivity contribution in [2.75, 3.05) is 43.6 Å². The Balaban J connectivity index is 1.41. The molecule has 9 heteroatoms. The topological polar surface area (TPSA) is 81.5 Å². The second-order valence-electron chi connectivity index (χ2n) is 7.97. The average Bonchev–Trinajstić information content (AvgIpc) is 3.15. The molecule has 4 rings (SSSR count). The van der Waals surface area contributed by atoms with E-state index in [1.54, 1.807) is 0 Å². The Morgan fingerprint density at radius 3 is 2.83 bits per heavy atom. The van der Waals surface area contributed by atoms with Gasteiger partial charge in [0.2, 0.25) is 11.9 Å². The Morgan fingerprint density at radius 1 is 1.23 bits per heavy atom. The van der Waals surface area contributed by atoms with Crippen LogP contribution in [-0.2, 0) is 16.1 Å². The van der Waals surface area contributed by atoms with Crippen LogP contribution in [0.3, 0.4) is 0 Å². The molecule has 1 fully saturated rings. The van der Waals surface area contributed by atoms with Gasteiger partial charge in [0.25, 0.3) is 0 Å². The summed E-state index contributed by atoms with van der Waals surface area (Å²) < 4.78 is 13.3. The number of nitrogens with one attached hydrogen (secondary N) is 1. The number of morpholine rings is 1. The molecule has 1 aromatic carbocycles. The number of rotatable bonds is 7. The number of anilines is 1. The largest absolute Gasteiger partial charge is 0.493 e. The van der Waals surface area contributed by atoms with Gasteiger partial charge in [0, 0.05) is 31.6 Å². The summed E-state index contributed by atoms with van der Waals surface area (Å²) in [5, 5.41) is 12.8. The maximum Gasteiger partial charge on any atom is 0.230 e. The van der Waals surface area contributed by atoms with Gasteiger partial charge in [-0.25, -0.2) is 0 Å². The van der Waals surface area contributed by atoms with Gasteiger partial charge in [0.15, 0.2) is 5.16 Å². The van der Waals surface area contributed by atoms with Crippen LogP contribution in [0.5, 0.6) is 5.75 Å². The summed E-state index contributed by atoms with van der Waals surface area (Å²) in [6.07, 6.45) is 0.776. The number of para-hydroxylation sites is 1. The van der Waals surface area contributed by atoms with Crippen LogP contribution >= 0.6 is 11.8 Å². The van der Waals surface area contributed by atoms with Crippen molar-refractivity contribution in [3.8, 4) is 5.75 Å². The number of hydrogen-bond acceptors (Lipinski definition) is 7. The molecule has 2 aromatic rings. The number of nitrogens with zero attached hydrogens (tertiary/aromatic N) is 4. The summed E-state index contributed by atoms with van der Waals surface area (Å²) in [6.45, 7) is 8.80. The summed E-state index contributed by atoms with van der Waals surface area (Å²) >= 11 is 1.44. The van der Waals surface area contributed by atoms with Crippen molar-refractivity contribution >= 4 is 23.6 Å². The molecule has 30 heavy (non-hydrogen) atoms. The zero-order valence-electron chi connectivity index (χ0n) is 17.5. The van der Waals surface area contributed by atoms with E-state index in [1.807, 2.05) is 24.3 Å². The lowest BCUT2D eigenvalue weighted by Crippen LogP contribution is -2.38. The second-order valence-corrected chi connectivity index (χ2v) is 8.91. The number of hydrogen-bond donors (Lipinski definition) is 1. The Hall–Kier alpha value is -2.26. The van der Waals surface area contributed by atoms with Gasteiger partial charge in [0.1, 0.15) is 5.75 Å². The number of amides is 1. The van der Waals surface area contributed by atoms with Crippen LogP contribution in [0.15, 0.2) is 29.4 Å². The molecule has 1 saturated heterocycles. The molecule has 0 radical (unpaired) electrons. The minimum Gasteiger partial charge on any atom is -0.493 e. The molecule has 1 atom stereocenters. The van der Waals surface area contributed by atoms with Crippen LogP contribution in [0.1, 0.15) is 31.9 Å². The molecule has 162 valence electrons. The van der Waals surface area contributed by atoms with Gasteiger partial charge in [0.05, 0.1) is 31.6 Å². The molecule has 0 bridgehead atoms. The molecule has 3 heterocycles. The van der Waals surface area contributed by atoms with E-state index in [2.05, 4.69) is 38.8 Å². The number of benzene rings is 1. The number of aromatic nitrogens is 3. The SMILES string of the molecule is CC(C)Cn1c(SCC(=O)NC2CCOc3ccccc32)nnc1N1CCOCC1. The fraction of sp³-hybridized carbons (Fsp3) is 0.571. The first kappa shape index (κ1) is 21.0. The number of ether oxygens (including phenoxy) is 2. The number of carbonyl (C=O) groups is 1. The standard InChI is InChI=1S/C21H29N5O3S/c1-15(2)13-26-20(25-8-11-28-12-9-25)23-24-21(26)30-14-19(27)22-17-7-10-29-18-6-4-3-5-16(17)18/h3-6,15,17H,7-14H2,1-2H3,(H,22,27). The molecule has 1 aromatic heterocycles. The number of carbonyl (C=O) groups excluding carboxylic acids is 1. The summed E-state index contributed by atoms with van der Waals surface area (Å²) in [4.78, 5) is 14.9. The lowest BCUT2D eigenvalue weighted by atomic mass is 10.0. The van der Waals surface area contributed by atoms with Crippen LogP contribution in [0.4, 0.5) is 5.95 Å². The highest BCUT2D eigenvalue weighted by molar-refractivity contribution is 7.99. The first-order valence-electron chi connectivity index (χ1n) is 10.5. The number of fused-ring (bicyclic) bond motifs is 1. The molecule has 1 unspecified atom stereocenters. The van der Waals surface area contributed by atoms with Gasteiger partial charge in [-0.2, -0.15) is 0 Å². The Morgan fingerprint density at radius 2 is 2.03 bits per heavy atom. The zero-order chi connectivity index (χ0) is 20.9. The smallest absolute Gasteiger partial charge is 0.230 e. The van der Waals surface area contributed by atoms with Crippen LogP contribution < -0.4 is 15.0 Å². The van der Waals surface area contributed by atoms with E-state index in [0.717, 1.165) is 48.5 Å². The van der Waals surface area contributed by atoms with Gasteiger partial charge in [-0.1, -0.05) is 43.8 Å². The first-order valence-corrected chi connectivity index (χ1v) is 11.5. The molecular weight excluding hydrogens is 402 g/mol. The van der Waals surface area contributed by atoms with E-state index in [1.165, 1.54) is 11.8 Å². The normalized spacial score (nSPS) is 18.8. The predicted molar refractivity (Wildman–Crippen MR) is 116 cm³/mol. The molecule has 2 aliphatic heterocycles. The highest BCUT2D eigenvalue weighted by atomic mass is 32.2. The van der Waals surface area contributed by atoms with Crippen molar-refractivity contribution in [2.24, 2.45) is 5.92 Å². The van der Waals surface area contributed by atoms with Gasteiger partial charge >= 0.3 is 0 Å². The van der Waals surface area contributed by atoms with Crippen molar-refractivity contribution in [1.29, 1.82) is 0 Å². The third-order valence-electron chi connectivity index (χ3n) is 5.17. The molecule has 0 spiro atoms. The van der Waals surface area contributed by atoms with E-state index in [4.69, 9.17) is 9.47 Å². The minimum atomic E-state index is -0.0134. The molecule has 8 nitrogen and oxygen atoms in total. The fourth-order valence-corrected chi connectivity index (χ4v) is 4.52. The first-order chi connectivity index (χ1) is 14.6. The predicted octanol–water partition coefficient (Wildman–Crippen LogP) is 2.50. The summed E-state index contributed by atoms with van der Waals surface area (Å²) in [5.41, 5.74) is 1.04. The molecule has 2 aliphatic rings. The summed E-state index contributed by atoms with van der Waals surface area (Å²) in [5.74, 6) is 2.47. The van der Waals surface area contributed by atoms with Crippen molar-refractivity contribution in [2.45, 2.75) is 38.0 Å².